The van der Waals surface area contributed by atoms with E-state index in [-0.39, 0.29) is 28.2 Å². The second-order valence-corrected chi connectivity index (χ2v) is 9.25. The molecule has 8 nitrogen and oxygen atoms in total. The molecule has 1 aromatic carbocycles. The molecule has 0 radical (unpaired) electrons. The summed E-state index contributed by atoms with van der Waals surface area (Å²) in [4.78, 5) is 40.5. The van der Waals surface area contributed by atoms with E-state index in [1.807, 2.05) is 24.3 Å². The highest BCUT2D eigenvalue weighted by atomic mass is 32.1. The lowest BCUT2D eigenvalue weighted by Crippen LogP contribution is -2.51. The first kappa shape index (κ1) is 24.7. The van der Waals surface area contributed by atoms with E-state index in [9.17, 15) is 14.4 Å². The number of hydrogen-bond acceptors (Lipinski definition) is 6. The number of hydrogen-bond donors (Lipinski definition) is 3. The molecule has 1 aromatic heterocycles. The smallest absolute Gasteiger partial charge is 0.272 e. The molecule has 1 saturated carbocycles. The van der Waals surface area contributed by atoms with E-state index >= 15 is 0 Å². The van der Waals surface area contributed by atoms with Crippen molar-refractivity contribution in [2.24, 2.45) is 5.73 Å². The van der Waals surface area contributed by atoms with E-state index in [0.29, 0.717) is 12.1 Å². The van der Waals surface area contributed by atoms with Crippen LogP contribution < -0.4 is 21.7 Å². The molecular formula is C24H33N5O3S. The monoisotopic (exact) mass is 471 g/mol. The van der Waals surface area contributed by atoms with Gasteiger partial charge in [-0.05, 0) is 54.9 Å². The molecule has 1 unspecified atom stereocenters. The zero-order valence-electron chi connectivity index (χ0n) is 19.3. The molecular weight excluding hydrogens is 438 g/mol. The molecule has 1 atom stereocenters. The SMILES string of the molecule is CCCCC(C(=O)NC1CCCC1)N(C(=O)c1snc(C(N)=O)c1N)c1ccc(CC)cc1. The maximum absolute atomic E-state index is 13.8. The number of nitrogens with zero attached hydrogens (tertiary/aromatic N) is 2. The molecule has 1 aliphatic rings. The number of carbonyl (C=O) groups is 3. The standard InChI is InChI=1S/C24H33N5O3S/c1-3-5-10-18(23(31)27-16-8-6-7-9-16)29(17-13-11-15(4-2)12-14-17)24(32)21-19(25)20(22(26)30)28-33-21/h11-14,16,18H,3-10,25H2,1-2H3,(H2,26,30)(H,27,31). The van der Waals surface area contributed by atoms with E-state index in [0.717, 1.165) is 62.0 Å². The van der Waals surface area contributed by atoms with Gasteiger partial charge in [0.05, 0.1) is 5.69 Å². The van der Waals surface area contributed by atoms with Gasteiger partial charge in [0, 0.05) is 11.7 Å². The summed E-state index contributed by atoms with van der Waals surface area (Å²) in [6.45, 7) is 4.11. The molecule has 1 aliphatic carbocycles. The molecule has 2 aromatic rings. The van der Waals surface area contributed by atoms with E-state index in [2.05, 4.69) is 23.5 Å². The number of unbranched alkanes of at least 4 members (excludes halogenated alkanes) is 1. The topological polar surface area (TPSA) is 131 Å². The van der Waals surface area contributed by atoms with Crippen molar-refractivity contribution in [3.8, 4) is 0 Å². The fraction of sp³-hybridized carbons (Fsp3) is 0.500. The summed E-state index contributed by atoms with van der Waals surface area (Å²) in [5.74, 6) is -1.41. The fourth-order valence-corrected chi connectivity index (χ4v) is 4.95. The lowest BCUT2D eigenvalue weighted by atomic mass is 10.0. The Bertz CT molecular complexity index is 982. The van der Waals surface area contributed by atoms with E-state index in [4.69, 9.17) is 11.5 Å². The molecule has 0 bridgehead atoms. The Kier molecular flexibility index (Phi) is 8.43. The van der Waals surface area contributed by atoms with Crippen LogP contribution in [0.1, 0.15) is 84.5 Å². The zero-order valence-corrected chi connectivity index (χ0v) is 20.1. The minimum Gasteiger partial charge on any atom is -0.395 e. The first-order valence-electron chi connectivity index (χ1n) is 11.6. The maximum atomic E-state index is 13.8. The fourth-order valence-electron chi connectivity index (χ4n) is 4.21. The molecule has 0 saturated heterocycles. The summed E-state index contributed by atoms with van der Waals surface area (Å²) in [7, 11) is 0. The van der Waals surface area contributed by atoms with E-state index in [1.54, 1.807) is 0 Å². The first-order valence-corrected chi connectivity index (χ1v) is 12.4. The van der Waals surface area contributed by atoms with Crippen LogP contribution in [0.2, 0.25) is 0 Å². The third-order valence-corrected chi connectivity index (χ3v) is 7.00. The van der Waals surface area contributed by atoms with Gasteiger partial charge in [-0.2, -0.15) is 4.37 Å². The average molecular weight is 472 g/mol. The second kappa shape index (κ2) is 11.3. The Morgan fingerprint density at radius 1 is 1.18 bits per heavy atom. The van der Waals surface area contributed by atoms with Gasteiger partial charge in [0.1, 0.15) is 10.9 Å². The highest BCUT2D eigenvalue weighted by molar-refractivity contribution is 7.09. The molecule has 0 spiro atoms. The zero-order chi connectivity index (χ0) is 24.0. The summed E-state index contributed by atoms with van der Waals surface area (Å²) in [6, 6.07) is 7.04. The van der Waals surface area contributed by atoms with Gasteiger partial charge in [-0.1, -0.05) is 51.7 Å². The predicted molar refractivity (Wildman–Crippen MR) is 131 cm³/mol. The van der Waals surface area contributed by atoms with Crippen LogP contribution in [0.3, 0.4) is 0 Å². The van der Waals surface area contributed by atoms with Crippen LogP contribution >= 0.6 is 11.5 Å². The average Bonchev–Trinajstić information content (AvgIpc) is 3.45. The van der Waals surface area contributed by atoms with Gasteiger partial charge in [-0.25, -0.2) is 0 Å². The van der Waals surface area contributed by atoms with Crippen molar-refractivity contribution in [2.75, 3.05) is 10.6 Å². The van der Waals surface area contributed by atoms with Crippen molar-refractivity contribution in [1.29, 1.82) is 0 Å². The Labute approximate surface area is 198 Å². The number of nitrogens with two attached hydrogens (primary N) is 2. The summed E-state index contributed by atoms with van der Waals surface area (Å²) in [6.07, 6.45) is 7.14. The van der Waals surface area contributed by atoms with E-state index in [1.165, 1.54) is 4.90 Å². The number of nitrogen functional groups attached to an aromatic ring is 1. The van der Waals surface area contributed by atoms with Crippen LogP contribution in [0.5, 0.6) is 0 Å². The van der Waals surface area contributed by atoms with Crippen LogP contribution in [0.25, 0.3) is 0 Å². The van der Waals surface area contributed by atoms with Gasteiger partial charge in [-0.3, -0.25) is 19.3 Å². The second-order valence-electron chi connectivity index (χ2n) is 8.48. The van der Waals surface area contributed by atoms with Crippen LogP contribution in [-0.4, -0.2) is 34.2 Å². The third kappa shape index (κ3) is 5.71. The van der Waals surface area contributed by atoms with Gasteiger partial charge in [-0.15, -0.1) is 0 Å². The number of aromatic nitrogens is 1. The van der Waals surface area contributed by atoms with Crippen molar-refractivity contribution < 1.29 is 14.4 Å². The van der Waals surface area contributed by atoms with Crippen LogP contribution in [-0.2, 0) is 11.2 Å². The predicted octanol–water partition coefficient (Wildman–Crippen LogP) is 3.65. The number of aryl methyl sites for hydroxylation is 1. The lowest BCUT2D eigenvalue weighted by Gasteiger charge is -2.32. The minimum absolute atomic E-state index is 0.0434. The number of benzene rings is 1. The van der Waals surface area contributed by atoms with E-state index < -0.39 is 17.9 Å². The minimum atomic E-state index is -0.789. The quantitative estimate of drug-likeness (QED) is 0.487. The summed E-state index contributed by atoms with van der Waals surface area (Å²) in [5, 5.41) is 3.15. The summed E-state index contributed by atoms with van der Waals surface area (Å²) in [5.41, 5.74) is 13.0. The van der Waals surface area contributed by atoms with Gasteiger partial charge in [0.15, 0.2) is 5.69 Å². The van der Waals surface area contributed by atoms with Crippen LogP contribution in [0.4, 0.5) is 11.4 Å². The lowest BCUT2D eigenvalue weighted by molar-refractivity contribution is -0.123. The number of primary amides is 1. The number of rotatable bonds is 10. The highest BCUT2D eigenvalue weighted by Gasteiger charge is 2.35. The normalized spacial score (nSPS) is 14.7. The summed E-state index contributed by atoms with van der Waals surface area (Å²) < 4.78 is 3.98. The number of amides is 3. The Morgan fingerprint density at radius 2 is 1.85 bits per heavy atom. The summed E-state index contributed by atoms with van der Waals surface area (Å²) >= 11 is 0.830. The van der Waals surface area contributed by atoms with Gasteiger partial charge < -0.3 is 16.8 Å². The molecule has 3 amide bonds. The number of carbonyl (C=O) groups excluding carboxylic acids is 3. The Hall–Kier alpha value is -2.94. The number of anilines is 2. The van der Waals surface area contributed by atoms with Crippen molar-refractivity contribution in [1.82, 2.24) is 9.69 Å². The molecule has 3 rings (SSSR count). The van der Waals surface area contributed by atoms with Crippen LogP contribution in [0, 0.1) is 0 Å². The highest BCUT2D eigenvalue weighted by Crippen LogP contribution is 2.29. The molecule has 33 heavy (non-hydrogen) atoms. The Balaban J connectivity index is 2.02. The Morgan fingerprint density at radius 3 is 2.39 bits per heavy atom. The molecule has 0 aliphatic heterocycles. The van der Waals surface area contributed by atoms with Gasteiger partial charge >= 0.3 is 0 Å². The molecule has 9 heteroatoms. The molecule has 5 N–H and O–H groups in total. The molecule has 1 heterocycles. The molecule has 1 fully saturated rings. The first-order chi connectivity index (χ1) is 15.9. The van der Waals surface area contributed by atoms with Crippen molar-refractivity contribution >= 4 is 40.6 Å². The maximum Gasteiger partial charge on any atom is 0.272 e. The number of nitrogens with one attached hydrogen (secondary N) is 1. The van der Waals surface area contributed by atoms with Gasteiger partial charge in [0.2, 0.25) is 5.91 Å². The van der Waals surface area contributed by atoms with Gasteiger partial charge in [0.25, 0.3) is 11.8 Å². The van der Waals surface area contributed by atoms with Crippen molar-refractivity contribution in [3.05, 3.63) is 40.4 Å². The van der Waals surface area contributed by atoms with Crippen molar-refractivity contribution in [3.63, 3.8) is 0 Å². The third-order valence-electron chi connectivity index (χ3n) is 6.14. The van der Waals surface area contributed by atoms with Crippen molar-refractivity contribution in [2.45, 2.75) is 77.3 Å². The molecule has 178 valence electrons. The van der Waals surface area contributed by atoms with Crippen LogP contribution in [0.15, 0.2) is 24.3 Å². The largest absolute Gasteiger partial charge is 0.395 e.